The van der Waals surface area contributed by atoms with E-state index in [1.54, 1.807) is 6.20 Å². The first kappa shape index (κ1) is 10.4. The Morgan fingerprint density at radius 2 is 2.08 bits per heavy atom. The van der Waals surface area contributed by atoms with Crippen molar-refractivity contribution in [1.29, 1.82) is 0 Å². The summed E-state index contributed by atoms with van der Waals surface area (Å²) in [4.78, 5) is 2.29. The number of rotatable bonds is 4. The summed E-state index contributed by atoms with van der Waals surface area (Å²) >= 11 is 0.353. The van der Waals surface area contributed by atoms with Crippen molar-refractivity contribution in [2.24, 2.45) is 5.73 Å². The summed E-state index contributed by atoms with van der Waals surface area (Å²) in [5.74, 6) is 0. The van der Waals surface area contributed by atoms with Crippen LogP contribution in [0.15, 0.2) is 36.7 Å². The summed E-state index contributed by atoms with van der Waals surface area (Å²) in [5, 5.41) is 3.07. The van der Waals surface area contributed by atoms with Crippen LogP contribution < -0.4 is 32.3 Å². The molecule has 0 radical (unpaired) electrons. The Morgan fingerprint density at radius 3 is 2.62 bits per heavy atom. The third-order valence-corrected chi connectivity index (χ3v) is 3.23. The number of hydrogen-bond acceptors (Lipinski definition) is 2. The van der Waals surface area contributed by atoms with Gasteiger partial charge in [0, 0.05) is 0 Å². The summed E-state index contributed by atoms with van der Waals surface area (Å²) in [7, 11) is 0. The van der Waals surface area contributed by atoms with Crippen LogP contribution in [0.2, 0.25) is 0 Å². The molecule has 2 nitrogen and oxygen atoms in total. The van der Waals surface area contributed by atoms with E-state index in [-0.39, 0.29) is 0 Å². The standard InChI is InChI=1S/C10H14IN2/c1-11-8-9-2-4-10(5-3-9)13-7-6-12/h2-7,13H,8,12H2,1H3/q-1/b7-6-. The fourth-order valence-electron chi connectivity index (χ4n) is 0.989. The Bertz CT molecular complexity index is 267. The molecule has 0 unspecified atom stereocenters. The van der Waals surface area contributed by atoms with Gasteiger partial charge in [-0.1, -0.05) is 0 Å². The normalized spacial score (nSPS) is 10.8. The molecule has 0 fully saturated rings. The van der Waals surface area contributed by atoms with E-state index in [0.29, 0.717) is 21.2 Å². The van der Waals surface area contributed by atoms with Gasteiger partial charge in [-0.3, -0.25) is 0 Å². The van der Waals surface area contributed by atoms with E-state index in [0.717, 1.165) is 5.69 Å². The van der Waals surface area contributed by atoms with Crippen molar-refractivity contribution in [2.45, 2.75) is 4.43 Å². The van der Waals surface area contributed by atoms with Crippen molar-refractivity contribution in [2.75, 3.05) is 10.2 Å². The van der Waals surface area contributed by atoms with Crippen LogP contribution in [0.25, 0.3) is 0 Å². The van der Waals surface area contributed by atoms with Crippen LogP contribution in [0.3, 0.4) is 0 Å². The fraction of sp³-hybridized carbons (Fsp3) is 0.200. The van der Waals surface area contributed by atoms with E-state index in [4.69, 9.17) is 5.73 Å². The Kier molecular flexibility index (Phi) is 4.67. The van der Waals surface area contributed by atoms with Gasteiger partial charge in [0.1, 0.15) is 0 Å². The molecule has 0 saturated carbocycles. The monoisotopic (exact) mass is 289 g/mol. The van der Waals surface area contributed by atoms with Gasteiger partial charge in [0.2, 0.25) is 0 Å². The Hall–Kier alpha value is -0.710. The number of nitrogens with one attached hydrogen (secondary N) is 1. The average Bonchev–Trinajstić information content (AvgIpc) is 2.17. The molecule has 0 aromatic heterocycles. The van der Waals surface area contributed by atoms with Crippen LogP contribution >= 0.6 is 0 Å². The molecule has 0 amide bonds. The van der Waals surface area contributed by atoms with Crippen molar-refractivity contribution < 1.29 is 21.2 Å². The zero-order valence-electron chi connectivity index (χ0n) is 7.63. The molecule has 1 rings (SSSR count). The second-order valence-electron chi connectivity index (χ2n) is 2.60. The topological polar surface area (TPSA) is 38.0 Å². The van der Waals surface area contributed by atoms with Gasteiger partial charge >= 0.3 is 89.5 Å². The van der Waals surface area contributed by atoms with Gasteiger partial charge in [-0.15, -0.1) is 0 Å². The maximum atomic E-state index is 5.22. The SMILES string of the molecule is C[I-]Cc1ccc(N/C=C\N)cc1. The summed E-state index contributed by atoms with van der Waals surface area (Å²) in [6, 6.07) is 8.48. The number of hydrogen-bond donors (Lipinski definition) is 2. The molecule has 0 aliphatic heterocycles. The summed E-state index contributed by atoms with van der Waals surface area (Å²) in [6.07, 6.45) is 3.22. The van der Waals surface area contributed by atoms with Gasteiger partial charge in [0.05, 0.1) is 0 Å². The fourth-order valence-corrected chi connectivity index (χ4v) is 2.38. The van der Waals surface area contributed by atoms with Crippen LogP contribution in [0.4, 0.5) is 5.69 Å². The zero-order valence-corrected chi connectivity index (χ0v) is 9.78. The van der Waals surface area contributed by atoms with E-state index in [1.807, 2.05) is 0 Å². The minimum atomic E-state index is 0.353. The van der Waals surface area contributed by atoms with Gasteiger partial charge in [0.25, 0.3) is 0 Å². The molecule has 0 atom stereocenters. The maximum absolute atomic E-state index is 5.22. The van der Waals surface area contributed by atoms with Gasteiger partial charge < -0.3 is 0 Å². The van der Waals surface area contributed by atoms with Gasteiger partial charge in [-0.25, -0.2) is 0 Å². The molecule has 1 aromatic carbocycles. The van der Waals surface area contributed by atoms with Gasteiger partial charge in [-0.05, 0) is 0 Å². The van der Waals surface area contributed by atoms with Crippen molar-refractivity contribution in [3.05, 3.63) is 42.2 Å². The molecule has 1 aromatic rings. The van der Waals surface area contributed by atoms with Crippen LogP contribution in [0.5, 0.6) is 0 Å². The molecule has 3 heteroatoms. The van der Waals surface area contributed by atoms with Crippen LogP contribution in [0.1, 0.15) is 5.56 Å². The Labute approximate surface area is 89.5 Å². The molecule has 72 valence electrons. The van der Waals surface area contributed by atoms with Crippen molar-refractivity contribution in [3.8, 4) is 0 Å². The summed E-state index contributed by atoms with van der Waals surface area (Å²) < 4.78 is 1.26. The molecule has 0 saturated heterocycles. The summed E-state index contributed by atoms with van der Waals surface area (Å²) in [5.41, 5.74) is 7.73. The third-order valence-electron chi connectivity index (χ3n) is 1.59. The second-order valence-corrected chi connectivity index (χ2v) is 4.89. The number of alkyl halides is 2. The second kappa shape index (κ2) is 5.85. The van der Waals surface area contributed by atoms with Crippen molar-refractivity contribution >= 4 is 5.69 Å². The molecule has 0 spiro atoms. The number of anilines is 1. The van der Waals surface area contributed by atoms with Gasteiger partial charge in [-0.2, -0.15) is 0 Å². The van der Waals surface area contributed by atoms with Crippen LogP contribution in [0, 0.1) is 0 Å². The first-order valence-corrected chi connectivity index (χ1v) is 7.71. The van der Waals surface area contributed by atoms with Crippen LogP contribution in [-0.4, -0.2) is 4.93 Å². The first-order valence-electron chi connectivity index (χ1n) is 4.03. The molecular formula is C10H14IN2-. The Balaban J connectivity index is 2.58. The van der Waals surface area contributed by atoms with E-state index in [9.17, 15) is 0 Å². The van der Waals surface area contributed by atoms with E-state index >= 15 is 0 Å². The third kappa shape index (κ3) is 3.67. The molecule has 3 N–H and O–H groups in total. The number of halogens is 1. The van der Waals surface area contributed by atoms with Crippen LogP contribution in [-0.2, 0) is 4.43 Å². The first-order chi connectivity index (χ1) is 6.36. The molecule has 0 bridgehead atoms. The molecule has 0 aliphatic carbocycles. The number of nitrogens with two attached hydrogens (primary N) is 1. The van der Waals surface area contributed by atoms with Gasteiger partial charge in [0.15, 0.2) is 0 Å². The molecule has 13 heavy (non-hydrogen) atoms. The Morgan fingerprint density at radius 1 is 1.38 bits per heavy atom. The molecule has 0 aliphatic rings. The van der Waals surface area contributed by atoms with Crippen molar-refractivity contribution in [3.63, 3.8) is 0 Å². The summed E-state index contributed by atoms with van der Waals surface area (Å²) in [6.45, 7) is 0. The quantitative estimate of drug-likeness (QED) is 0.537. The number of benzene rings is 1. The van der Waals surface area contributed by atoms with E-state index in [1.165, 1.54) is 16.2 Å². The molecule has 0 heterocycles. The minimum absolute atomic E-state index is 0.353. The average molecular weight is 289 g/mol. The molecular weight excluding hydrogens is 275 g/mol. The van der Waals surface area contributed by atoms with E-state index in [2.05, 4.69) is 34.5 Å². The predicted molar refractivity (Wildman–Crippen MR) is 53.0 cm³/mol. The zero-order chi connectivity index (χ0) is 9.52. The predicted octanol–water partition coefficient (Wildman–Crippen LogP) is -1.25. The van der Waals surface area contributed by atoms with E-state index < -0.39 is 0 Å². The van der Waals surface area contributed by atoms with Crippen molar-refractivity contribution in [1.82, 2.24) is 0 Å².